The van der Waals surface area contributed by atoms with Gasteiger partial charge in [0, 0.05) is 6.54 Å². The molecule has 3 nitrogen and oxygen atoms in total. The number of hydrogen-bond acceptors (Lipinski definition) is 3. The SMILES string of the molecule is CCCNc1ccc(C(=O)OC)c(F)c1F. The van der Waals surface area contributed by atoms with Gasteiger partial charge in [-0.3, -0.25) is 0 Å². The highest BCUT2D eigenvalue weighted by atomic mass is 19.2. The van der Waals surface area contributed by atoms with Gasteiger partial charge in [0.1, 0.15) is 0 Å². The van der Waals surface area contributed by atoms with Gasteiger partial charge in [-0.15, -0.1) is 0 Å². The molecule has 0 saturated carbocycles. The highest BCUT2D eigenvalue weighted by Gasteiger charge is 2.18. The molecule has 0 aliphatic rings. The number of halogens is 2. The molecule has 0 heterocycles. The first-order valence-electron chi connectivity index (χ1n) is 4.92. The zero-order chi connectivity index (χ0) is 12.1. The van der Waals surface area contributed by atoms with Gasteiger partial charge in [0.05, 0.1) is 18.4 Å². The summed E-state index contributed by atoms with van der Waals surface area (Å²) in [7, 11) is 1.11. The Morgan fingerprint density at radius 3 is 2.62 bits per heavy atom. The Morgan fingerprint density at radius 1 is 1.38 bits per heavy atom. The zero-order valence-corrected chi connectivity index (χ0v) is 9.14. The first kappa shape index (κ1) is 12.4. The summed E-state index contributed by atoms with van der Waals surface area (Å²) in [6.45, 7) is 2.44. The standard InChI is InChI=1S/C11H13F2NO2/c1-3-6-14-8-5-4-7(11(15)16-2)9(12)10(8)13/h4-5,14H,3,6H2,1-2H3. The second-order valence-corrected chi connectivity index (χ2v) is 3.21. The average Bonchev–Trinajstić information content (AvgIpc) is 2.30. The fourth-order valence-electron chi connectivity index (χ4n) is 1.21. The molecule has 1 aromatic carbocycles. The third kappa shape index (κ3) is 2.48. The van der Waals surface area contributed by atoms with Crippen LogP contribution in [0.25, 0.3) is 0 Å². The van der Waals surface area contributed by atoms with E-state index >= 15 is 0 Å². The Labute approximate surface area is 92.4 Å². The molecule has 0 bridgehead atoms. The van der Waals surface area contributed by atoms with E-state index in [0.717, 1.165) is 13.5 Å². The number of hydrogen-bond donors (Lipinski definition) is 1. The molecule has 0 fully saturated rings. The van der Waals surface area contributed by atoms with Crippen LogP contribution in [0.5, 0.6) is 0 Å². The lowest BCUT2D eigenvalue weighted by molar-refractivity contribution is 0.0594. The van der Waals surface area contributed by atoms with Crippen LogP contribution in [0, 0.1) is 11.6 Å². The lowest BCUT2D eigenvalue weighted by atomic mass is 10.2. The minimum Gasteiger partial charge on any atom is -0.465 e. The number of ether oxygens (including phenoxy) is 1. The first-order valence-corrected chi connectivity index (χ1v) is 4.92. The summed E-state index contributed by atoms with van der Waals surface area (Å²) >= 11 is 0. The number of methoxy groups -OCH3 is 1. The molecular weight excluding hydrogens is 216 g/mol. The molecule has 0 spiro atoms. The van der Waals surface area contributed by atoms with Crippen LogP contribution in [-0.4, -0.2) is 19.6 Å². The number of nitrogens with one attached hydrogen (secondary N) is 1. The third-order valence-electron chi connectivity index (χ3n) is 2.05. The summed E-state index contributed by atoms with van der Waals surface area (Å²) < 4.78 is 31.2. The van der Waals surface area contributed by atoms with E-state index in [9.17, 15) is 13.6 Å². The van der Waals surface area contributed by atoms with Gasteiger partial charge in [-0.2, -0.15) is 0 Å². The van der Waals surface area contributed by atoms with Gasteiger partial charge in [-0.05, 0) is 18.6 Å². The molecule has 5 heteroatoms. The van der Waals surface area contributed by atoms with Crippen molar-refractivity contribution in [3.05, 3.63) is 29.3 Å². The van der Waals surface area contributed by atoms with E-state index in [4.69, 9.17) is 0 Å². The van der Waals surface area contributed by atoms with Crippen molar-refractivity contribution >= 4 is 11.7 Å². The maximum atomic E-state index is 13.4. The highest BCUT2D eigenvalue weighted by molar-refractivity contribution is 5.90. The largest absolute Gasteiger partial charge is 0.465 e. The predicted molar refractivity (Wildman–Crippen MR) is 56.5 cm³/mol. The van der Waals surface area contributed by atoms with E-state index in [0.29, 0.717) is 6.54 Å². The number of benzene rings is 1. The van der Waals surface area contributed by atoms with Crippen molar-refractivity contribution < 1.29 is 18.3 Å². The normalized spacial score (nSPS) is 10.0. The first-order chi connectivity index (χ1) is 7.61. The molecule has 1 rings (SSSR count). The van der Waals surface area contributed by atoms with Crippen molar-refractivity contribution in [1.82, 2.24) is 0 Å². The minimum atomic E-state index is -1.19. The Morgan fingerprint density at radius 2 is 2.06 bits per heavy atom. The molecule has 16 heavy (non-hydrogen) atoms. The predicted octanol–water partition coefficient (Wildman–Crippen LogP) is 2.57. The molecule has 0 aromatic heterocycles. The molecule has 1 aromatic rings. The summed E-state index contributed by atoms with van der Waals surface area (Å²) in [6.07, 6.45) is 0.791. The van der Waals surface area contributed by atoms with Gasteiger partial charge >= 0.3 is 5.97 Å². The van der Waals surface area contributed by atoms with Crippen molar-refractivity contribution in [3.8, 4) is 0 Å². The monoisotopic (exact) mass is 229 g/mol. The third-order valence-corrected chi connectivity index (χ3v) is 2.05. The number of esters is 1. The quantitative estimate of drug-likeness (QED) is 0.806. The van der Waals surface area contributed by atoms with Crippen LogP contribution in [-0.2, 0) is 4.74 Å². The number of rotatable bonds is 4. The summed E-state index contributed by atoms with van der Waals surface area (Å²) in [6, 6.07) is 2.52. The van der Waals surface area contributed by atoms with Crippen molar-refractivity contribution in [2.24, 2.45) is 0 Å². The fraction of sp³-hybridized carbons (Fsp3) is 0.364. The van der Waals surface area contributed by atoms with Gasteiger partial charge in [0.15, 0.2) is 11.6 Å². The lowest BCUT2D eigenvalue weighted by Crippen LogP contribution is -2.09. The van der Waals surface area contributed by atoms with E-state index in [1.54, 1.807) is 0 Å². The van der Waals surface area contributed by atoms with E-state index < -0.39 is 23.2 Å². The molecule has 0 aliphatic heterocycles. The van der Waals surface area contributed by atoms with Gasteiger partial charge in [-0.25, -0.2) is 13.6 Å². The van der Waals surface area contributed by atoms with E-state index in [-0.39, 0.29) is 5.69 Å². The fourth-order valence-corrected chi connectivity index (χ4v) is 1.21. The Balaban J connectivity index is 3.03. The average molecular weight is 229 g/mol. The maximum Gasteiger partial charge on any atom is 0.340 e. The van der Waals surface area contributed by atoms with E-state index in [1.807, 2.05) is 6.92 Å². The smallest absolute Gasteiger partial charge is 0.340 e. The van der Waals surface area contributed by atoms with Crippen LogP contribution in [0.1, 0.15) is 23.7 Å². The number of carbonyl (C=O) groups excluding carboxylic acids is 1. The van der Waals surface area contributed by atoms with Crippen LogP contribution in [0.2, 0.25) is 0 Å². The van der Waals surface area contributed by atoms with Gasteiger partial charge < -0.3 is 10.1 Å². The highest BCUT2D eigenvalue weighted by Crippen LogP contribution is 2.21. The second kappa shape index (κ2) is 5.44. The van der Waals surface area contributed by atoms with Crippen molar-refractivity contribution in [3.63, 3.8) is 0 Å². The Bertz CT molecular complexity index is 394. The molecule has 1 N–H and O–H groups in total. The van der Waals surface area contributed by atoms with Crippen molar-refractivity contribution in [2.75, 3.05) is 19.0 Å². The maximum absolute atomic E-state index is 13.4. The lowest BCUT2D eigenvalue weighted by Gasteiger charge is -2.08. The molecule has 0 aliphatic carbocycles. The summed E-state index contributed by atoms with van der Waals surface area (Å²) in [5, 5.41) is 2.72. The number of anilines is 1. The summed E-state index contributed by atoms with van der Waals surface area (Å²) in [5.41, 5.74) is -0.353. The van der Waals surface area contributed by atoms with E-state index in [2.05, 4.69) is 10.1 Å². The Kier molecular flexibility index (Phi) is 4.22. The van der Waals surface area contributed by atoms with Gasteiger partial charge in [0.25, 0.3) is 0 Å². The molecule has 0 saturated heterocycles. The molecule has 0 unspecified atom stereocenters. The molecular formula is C11H13F2NO2. The summed E-state index contributed by atoms with van der Waals surface area (Å²) in [5.74, 6) is -3.14. The topological polar surface area (TPSA) is 38.3 Å². The van der Waals surface area contributed by atoms with Gasteiger partial charge in [0.2, 0.25) is 0 Å². The van der Waals surface area contributed by atoms with Crippen LogP contribution < -0.4 is 5.32 Å². The van der Waals surface area contributed by atoms with Crippen molar-refractivity contribution in [2.45, 2.75) is 13.3 Å². The van der Waals surface area contributed by atoms with Crippen LogP contribution >= 0.6 is 0 Å². The van der Waals surface area contributed by atoms with Crippen LogP contribution in [0.15, 0.2) is 12.1 Å². The number of carbonyl (C=O) groups is 1. The minimum absolute atomic E-state index is 0.0482. The van der Waals surface area contributed by atoms with Gasteiger partial charge in [-0.1, -0.05) is 6.92 Å². The van der Waals surface area contributed by atoms with Crippen molar-refractivity contribution in [1.29, 1.82) is 0 Å². The summed E-state index contributed by atoms with van der Waals surface area (Å²) in [4.78, 5) is 11.1. The molecule has 0 amide bonds. The molecule has 88 valence electrons. The van der Waals surface area contributed by atoms with Crippen LogP contribution in [0.4, 0.5) is 14.5 Å². The molecule has 0 atom stereocenters. The van der Waals surface area contributed by atoms with Crippen LogP contribution in [0.3, 0.4) is 0 Å². The zero-order valence-electron chi connectivity index (χ0n) is 9.14. The molecule has 0 radical (unpaired) electrons. The van der Waals surface area contributed by atoms with E-state index in [1.165, 1.54) is 12.1 Å². The Hall–Kier alpha value is -1.65. The second-order valence-electron chi connectivity index (χ2n) is 3.21.